The van der Waals surface area contributed by atoms with Crippen LogP contribution < -0.4 is 5.32 Å². The van der Waals surface area contributed by atoms with Crippen molar-refractivity contribution in [3.05, 3.63) is 28.8 Å². The van der Waals surface area contributed by atoms with E-state index in [1.54, 1.807) is 14.2 Å². The maximum atomic E-state index is 6.11. The molecule has 0 bridgehead atoms. The van der Waals surface area contributed by atoms with Crippen LogP contribution in [-0.4, -0.2) is 50.5 Å². The number of nitrogens with zero attached hydrogens (tertiary/aromatic N) is 1. The lowest BCUT2D eigenvalue weighted by Crippen LogP contribution is -2.39. The molecular weight excluding hydrogens is 296 g/mol. The summed E-state index contributed by atoms with van der Waals surface area (Å²) >= 11 is 11.5. The Labute approximate surface area is 131 Å². The maximum Gasteiger partial charge on any atom is 0.173 e. The lowest BCUT2D eigenvalue weighted by atomic mass is 10.2. The lowest BCUT2D eigenvalue weighted by Gasteiger charge is -2.25. The maximum absolute atomic E-state index is 6.11. The van der Waals surface area contributed by atoms with Crippen LogP contribution in [0.1, 0.15) is 5.56 Å². The molecule has 0 saturated heterocycles. The Bertz CT molecular complexity index is 435. The highest BCUT2D eigenvalue weighted by Crippen LogP contribution is 2.20. The van der Waals surface area contributed by atoms with E-state index in [0.717, 1.165) is 16.3 Å². The number of nitrogens with one attached hydrogen (secondary N) is 1. The van der Waals surface area contributed by atoms with Crippen molar-refractivity contribution in [2.24, 2.45) is 0 Å². The van der Waals surface area contributed by atoms with Crippen LogP contribution in [0, 0.1) is 6.92 Å². The zero-order valence-corrected chi connectivity index (χ0v) is 13.7. The lowest BCUT2D eigenvalue weighted by molar-refractivity contribution is 0.147. The fraction of sp³-hybridized carbons (Fsp3) is 0.500. The van der Waals surface area contributed by atoms with Crippen LogP contribution in [0.2, 0.25) is 5.02 Å². The minimum Gasteiger partial charge on any atom is -0.383 e. The molecule has 0 aromatic heterocycles. The number of ether oxygens (including phenoxy) is 2. The van der Waals surface area contributed by atoms with E-state index in [0.29, 0.717) is 31.4 Å². The van der Waals surface area contributed by atoms with Gasteiger partial charge in [0.2, 0.25) is 0 Å². The average molecular weight is 317 g/mol. The molecule has 1 aromatic carbocycles. The quantitative estimate of drug-likeness (QED) is 0.782. The summed E-state index contributed by atoms with van der Waals surface area (Å²) in [5, 5.41) is 4.55. The highest BCUT2D eigenvalue weighted by Gasteiger charge is 2.10. The average Bonchev–Trinajstić information content (AvgIpc) is 2.43. The number of anilines is 1. The van der Waals surface area contributed by atoms with Gasteiger partial charge in [-0.2, -0.15) is 0 Å². The largest absolute Gasteiger partial charge is 0.383 e. The molecule has 0 spiro atoms. The van der Waals surface area contributed by atoms with E-state index in [4.69, 9.17) is 33.3 Å². The van der Waals surface area contributed by atoms with E-state index in [1.807, 2.05) is 30.0 Å². The number of hydrogen-bond acceptors (Lipinski definition) is 3. The van der Waals surface area contributed by atoms with E-state index in [9.17, 15) is 0 Å². The monoisotopic (exact) mass is 316 g/mol. The van der Waals surface area contributed by atoms with Gasteiger partial charge in [0.25, 0.3) is 0 Å². The van der Waals surface area contributed by atoms with Gasteiger partial charge < -0.3 is 19.7 Å². The molecule has 0 saturated carbocycles. The highest BCUT2D eigenvalue weighted by molar-refractivity contribution is 7.80. The van der Waals surface area contributed by atoms with Gasteiger partial charge >= 0.3 is 0 Å². The molecule has 0 amide bonds. The fourth-order valence-corrected chi connectivity index (χ4v) is 2.07. The normalized spacial score (nSPS) is 10.4. The van der Waals surface area contributed by atoms with E-state index in [1.165, 1.54) is 0 Å². The second-order valence-electron chi connectivity index (χ2n) is 4.37. The summed E-state index contributed by atoms with van der Waals surface area (Å²) in [6, 6.07) is 5.79. The molecule has 0 aliphatic rings. The third-order valence-corrected chi connectivity index (χ3v) is 3.61. The first-order valence-corrected chi connectivity index (χ1v) is 7.17. The molecule has 6 heteroatoms. The van der Waals surface area contributed by atoms with Crippen LogP contribution in [-0.2, 0) is 9.47 Å². The number of rotatable bonds is 7. The van der Waals surface area contributed by atoms with E-state index >= 15 is 0 Å². The Morgan fingerprint density at radius 2 is 1.85 bits per heavy atom. The summed E-state index contributed by atoms with van der Waals surface area (Å²) in [7, 11) is 3.34. The molecule has 0 aliphatic heterocycles. The summed E-state index contributed by atoms with van der Waals surface area (Å²) in [5.74, 6) is 0. The van der Waals surface area contributed by atoms with Crippen LogP contribution in [0.3, 0.4) is 0 Å². The van der Waals surface area contributed by atoms with Crippen molar-refractivity contribution < 1.29 is 9.47 Å². The molecule has 0 atom stereocenters. The molecule has 0 fully saturated rings. The summed E-state index contributed by atoms with van der Waals surface area (Å²) in [4.78, 5) is 2.01. The molecule has 0 radical (unpaired) electrons. The Morgan fingerprint density at radius 1 is 1.25 bits per heavy atom. The molecule has 4 nitrogen and oxygen atoms in total. The molecule has 1 aromatic rings. The van der Waals surface area contributed by atoms with Crippen molar-refractivity contribution in [3.8, 4) is 0 Å². The highest BCUT2D eigenvalue weighted by atomic mass is 35.5. The number of hydrogen-bond donors (Lipinski definition) is 1. The van der Waals surface area contributed by atoms with E-state index in [2.05, 4.69) is 5.32 Å². The summed E-state index contributed by atoms with van der Waals surface area (Å²) in [5.41, 5.74) is 1.92. The van der Waals surface area contributed by atoms with Crippen LogP contribution in [0.15, 0.2) is 18.2 Å². The molecular formula is C14H21ClN2O2S. The van der Waals surface area contributed by atoms with Crippen molar-refractivity contribution in [1.29, 1.82) is 0 Å². The molecule has 0 aliphatic carbocycles. The first-order chi connectivity index (χ1) is 9.58. The van der Waals surface area contributed by atoms with Gasteiger partial charge in [-0.25, -0.2) is 0 Å². The summed E-state index contributed by atoms with van der Waals surface area (Å²) < 4.78 is 10.2. The standard InChI is InChI=1S/C14H21ClN2O2S/c1-11-4-5-12(10-13(11)15)16-14(20)17(6-8-18-2)7-9-19-3/h4-5,10H,6-9H2,1-3H3,(H,16,20). The zero-order valence-electron chi connectivity index (χ0n) is 12.1. The Kier molecular flexibility index (Phi) is 7.84. The van der Waals surface area contributed by atoms with Crippen molar-refractivity contribution in [3.63, 3.8) is 0 Å². The molecule has 20 heavy (non-hydrogen) atoms. The fourth-order valence-electron chi connectivity index (χ4n) is 1.59. The molecule has 1 rings (SSSR count). The van der Waals surface area contributed by atoms with Crippen LogP contribution in [0.4, 0.5) is 5.69 Å². The van der Waals surface area contributed by atoms with Crippen LogP contribution >= 0.6 is 23.8 Å². The van der Waals surface area contributed by atoms with Crippen molar-refractivity contribution in [1.82, 2.24) is 4.90 Å². The Balaban J connectivity index is 2.65. The van der Waals surface area contributed by atoms with Gasteiger partial charge in [-0.05, 0) is 36.8 Å². The van der Waals surface area contributed by atoms with Gasteiger partial charge in [-0.3, -0.25) is 0 Å². The Morgan fingerprint density at radius 3 is 2.35 bits per heavy atom. The third-order valence-electron chi connectivity index (χ3n) is 2.84. The Hall–Kier alpha value is -0.880. The second-order valence-corrected chi connectivity index (χ2v) is 5.16. The van der Waals surface area contributed by atoms with Crippen molar-refractivity contribution >= 4 is 34.6 Å². The van der Waals surface area contributed by atoms with Gasteiger partial charge in [0.05, 0.1) is 13.2 Å². The first-order valence-electron chi connectivity index (χ1n) is 6.38. The zero-order chi connectivity index (χ0) is 15.0. The minimum absolute atomic E-state index is 0.611. The summed E-state index contributed by atoms with van der Waals surface area (Å²) in [6.07, 6.45) is 0. The first kappa shape index (κ1) is 17.2. The van der Waals surface area contributed by atoms with Crippen LogP contribution in [0.5, 0.6) is 0 Å². The second kappa shape index (κ2) is 9.13. The van der Waals surface area contributed by atoms with Gasteiger partial charge in [0.15, 0.2) is 5.11 Å². The topological polar surface area (TPSA) is 33.7 Å². The minimum atomic E-state index is 0.611. The predicted octanol–water partition coefficient (Wildman–Crippen LogP) is 2.94. The molecule has 1 N–H and O–H groups in total. The number of halogens is 1. The van der Waals surface area contributed by atoms with Crippen LogP contribution in [0.25, 0.3) is 0 Å². The number of aryl methyl sites for hydroxylation is 1. The molecule has 0 unspecified atom stereocenters. The van der Waals surface area contributed by atoms with Gasteiger partial charge in [-0.15, -0.1) is 0 Å². The number of thiocarbonyl (C=S) groups is 1. The molecule has 112 valence electrons. The van der Waals surface area contributed by atoms with Gasteiger partial charge in [-0.1, -0.05) is 17.7 Å². The van der Waals surface area contributed by atoms with Gasteiger partial charge in [0, 0.05) is 38.0 Å². The summed E-state index contributed by atoms with van der Waals surface area (Å²) in [6.45, 7) is 4.62. The number of benzene rings is 1. The number of methoxy groups -OCH3 is 2. The smallest absolute Gasteiger partial charge is 0.173 e. The van der Waals surface area contributed by atoms with Crippen molar-refractivity contribution in [2.45, 2.75) is 6.92 Å². The molecule has 0 heterocycles. The predicted molar refractivity (Wildman–Crippen MR) is 87.7 cm³/mol. The van der Waals surface area contributed by atoms with E-state index < -0.39 is 0 Å². The van der Waals surface area contributed by atoms with Crippen molar-refractivity contribution in [2.75, 3.05) is 45.8 Å². The third kappa shape index (κ3) is 5.63. The SMILES string of the molecule is COCCN(CCOC)C(=S)Nc1ccc(C)c(Cl)c1. The van der Waals surface area contributed by atoms with E-state index in [-0.39, 0.29) is 0 Å². The van der Waals surface area contributed by atoms with Gasteiger partial charge in [0.1, 0.15) is 0 Å².